The second-order valence-electron chi connectivity index (χ2n) is 5.05. The fourth-order valence-electron chi connectivity index (χ4n) is 1.98. The van der Waals surface area contributed by atoms with Crippen LogP contribution in [0.2, 0.25) is 0 Å². The molecule has 1 atom stereocenters. The average molecular weight is 263 g/mol. The first-order chi connectivity index (χ1) is 7.94. The summed E-state index contributed by atoms with van der Waals surface area (Å²) < 4.78 is 26.7. The highest BCUT2D eigenvalue weighted by Gasteiger charge is 2.23. The molecule has 0 fully saturated rings. The van der Waals surface area contributed by atoms with Crippen LogP contribution >= 0.6 is 0 Å². The van der Waals surface area contributed by atoms with E-state index in [1.165, 1.54) is 19.3 Å². The van der Waals surface area contributed by atoms with Gasteiger partial charge in [0.25, 0.3) is 0 Å². The molecule has 0 aromatic heterocycles. The maximum atomic E-state index is 12.0. The first-order valence-corrected chi connectivity index (χ1v) is 8.49. The SMILES string of the molecule is CCCCCCCC(CC)S(=O)(=O)NC(C)C. The highest BCUT2D eigenvalue weighted by molar-refractivity contribution is 7.90. The third-order valence-electron chi connectivity index (χ3n) is 2.92. The highest BCUT2D eigenvalue weighted by atomic mass is 32.2. The number of rotatable bonds is 10. The summed E-state index contributed by atoms with van der Waals surface area (Å²) >= 11 is 0. The predicted octanol–water partition coefficient (Wildman–Crippen LogP) is 3.45. The molecule has 3 nitrogen and oxygen atoms in total. The third-order valence-corrected chi connectivity index (χ3v) is 5.17. The van der Waals surface area contributed by atoms with Crippen molar-refractivity contribution in [3.8, 4) is 0 Å². The van der Waals surface area contributed by atoms with Crippen molar-refractivity contribution in [2.24, 2.45) is 0 Å². The highest BCUT2D eigenvalue weighted by Crippen LogP contribution is 2.15. The Labute approximate surface area is 107 Å². The van der Waals surface area contributed by atoms with Gasteiger partial charge < -0.3 is 0 Å². The summed E-state index contributed by atoms with van der Waals surface area (Å²) in [4.78, 5) is 0. The molecule has 0 saturated heterocycles. The molecular weight excluding hydrogens is 234 g/mol. The van der Waals surface area contributed by atoms with Crippen molar-refractivity contribution in [3.63, 3.8) is 0 Å². The van der Waals surface area contributed by atoms with E-state index in [0.717, 1.165) is 19.3 Å². The van der Waals surface area contributed by atoms with Gasteiger partial charge >= 0.3 is 0 Å². The lowest BCUT2D eigenvalue weighted by Crippen LogP contribution is -2.38. The van der Waals surface area contributed by atoms with Crippen molar-refractivity contribution in [1.29, 1.82) is 0 Å². The fraction of sp³-hybridized carbons (Fsp3) is 1.00. The summed E-state index contributed by atoms with van der Waals surface area (Å²) in [6.07, 6.45) is 7.39. The van der Waals surface area contributed by atoms with Gasteiger partial charge in [-0.15, -0.1) is 0 Å². The van der Waals surface area contributed by atoms with Gasteiger partial charge in [-0.1, -0.05) is 46.0 Å². The van der Waals surface area contributed by atoms with E-state index in [9.17, 15) is 8.42 Å². The summed E-state index contributed by atoms with van der Waals surface area (Å²) in [6, 6.07) is -0.00542. The van der Waals surface area contributed by atoms with Crippen LogP contribution in [-0.2, 0) is 10.0 Å². The number of unbranched alkanes of at least 4 members (excludes halogenated alkanes) is 4. The van der Waals surface area contributed by atoms with Crippen LogP contribution in [0, 0.1) is 0 Å². The molecule has 0 saturated carbocycles. The molecule has 0 amide bonds. The van der Waals surface area contributed by atoms with E-state index in [4.69, 9.17) is 0 Å². The molecule has 0 spiro atoms. The zero-order chi connectivity index (χ0) is 13.3. The minimum atomic E-state index is -3.11. The molecule has 0 aromatic rings. The van der Waals surface area contributed by atoms with Crippen LogP contribution in [0.1, 0.15) is 72.6 Å². The molecule has 17 heavy (non-hydrogen) atoms. The Bertz CT molecular complexity index is 273. The molecule has 0 aliphatic carbocycles. The Morgan fingerprint density at radius 2 is 1.59 bits per heavy atom. The summed E-state index contributed by atoms with van der Waals surface area (Å²) in [5.74, 6) is 0. The van der Waals surface area contributed by atoms with Gasteiger partial charge in [-0.2, -0.15) is 0 Å². The summed E-state index contributed by atoms with van der Waals surface area (Å²) in [6.45, 7) is 7.87. The number of hydrogen-bond acceptors (Lipinski definition) is 2. The quantitative estimate of drug-likeness (QED) is 0.614. The monoisotopic (exact) mass is 263 g/mol. The van der Waals surface area contributed by atoms with Crippen LogP contribution in [0.15, 0.2) is 0 Å². The lowest BCUT2D eigenvalue weighted by Gasteiger charge is -2.18. The third kappa shape index (κ3) is 7.77. The molecule has 0 aliphatic heterocycles. The normalized spacial score (nSPS) is 14.2. The molecule has 0 aliphatic rings. The van der Waals surface area contributed by atoms with Gasteiger partial charge in [0.1, 0.15) is 0 Å². The van der Waals surface area contributed by atoms with Gasteiger partial charge in [-0.05, 0) is 26.7 Å². The lowest BCUT2D eigenvalue weighted by atomic mass is 10.1. The van der Waals surface area contributed by atoms with Crippen LogP contribution in [0.4, 0.5) is 0 Å². The smallest absolute Gasteiger partial charge is 0.212 e. The van der Waals surface area contributed by atoms with Crippen molar-refractivity contribution in [3.05, 3.63) is 0 Å². The maximum absolute atomic E-state index is 12.0. The van der Waals surface area contributed by atoms with E-state index in [-0.39, 0.29) is 11.3 Å². The molecule has 0 aromatic carbocycles. The number of hydrogen-bond donors (Lipinski definition) is 1. The molecule has 1 unspecified atom stereocenters. The van der Waals surface area contributed by atoms with E-state index >= 15 is 0 Å². The summed E-state index contributed by atoms with van der Waals surface area (Å²) in [5.41, 5.74) is 0. The topological polar surface area (TPSA) is 46.2 Å². The van der Waals surface area contributed by atoms with E-state index in [1.807, 2.05) is 20.8 Å². The molecule has 1 N–H and O–H groups in total. The van der Waals surface area contributed by atoms with Crippen LogP contribution in [0.3, 0.4) is 0 Å². The second kappa shape index (κ2) is 8.92. The predicted molar refractivity (Wildman–Crippen MR) is 74.6 cm³/mol. The molecular formula is C13H29NO2S. The number of sulfonamides is 1. The van der Waals surface area contributed by atoms with E-state index < -0.39 is 10.0 Å². The van der Waals surface area contributed by atoms with Crippen molar-refractivity contribution < 1.29 is 8.42 Å². The molecule has 0 rings (SSSR count). The van der Waals surface area contributed by atoms with Crippen molar-refractivity contribution in [2.75, 3.05) is 0 Å². The van der Waals surface area contributed by atoms with Gasteiger partial charge in [-0.3, -0.25) is 0 Å². The molecule has 4 heteroatoms. The Kier molecular flexibility index (Phi) is 8.88. The fourth-order valence-corrected chi connectivity index (χ4v) is 3.74. The number of nitrogens with one attached hydrogen (secondary N) is 1. The van der Waals surface area contributed by atoms with Crippen molar-refractivity contribution in [1.82, 2.24) is 4.72 Å². The largest absolute Gasteiger partial charge is 0.214 e. The van der Waals surface area contributed by atoms with Crippen LogP contribution in [0.5, 0.6) is 0 Å². The van der Waals surface area contributed by atoms with E-state index in [0.29, 0.717) is 6.42 Å². The zero-order valence-electron chi connectivity index (χ0n) is 11.8. The Morgan fingerprint density at radius 3 is 2.06 bits per heavy atom. The first-order valence-electron chi connectivity index (χ1n) is 6.95. The van der Waals surface area contributed by atoms with E-state index in [2.05, 4.69) is 11.6 Å². The molecule has 104 valence electrons. The lowest BCUT2D eigenvalue weighted by molar-refractivity contribution is 0.526. The van der Waals surface area contributed by atoms with Crippen LogP contribution < -0.4 is 4.72 Å². The van der Waals surface area contributed by atoms with Crippen molar-refractivity contribution in [2.45, 2.75) is 83.9 Å². The van der Waals surface area contributed by atoms with Gasteiger partial charge in [0.15, 0.2) is 0 Å². The summed E-state index contributed by atoms with van der Waals surface area (Å²) in [5, 5.41) is -0.216. The molecule has 0 radical (unpaired) electrons. The first kappa shape index (κ1) is 16.9. The van der Waals surface area contributed by atoms with Crippen molar-refractivity contribution >= 4 is 10.0 Å². The van der Waals surface area contributed by atoms with Gasteiger partial charge in [0.2, 0.25) is 10.0 Å². The Hall–Kier alpha value is -0.0900. The minimum Gasteiger partial charge on any atom is -0.212 e. The van der Waals surface area contributed by atoms with Gasteiger partial charge in [-0.25, -0.2) is 13.1 Å². The minimum absolute atomic E-state index is 0.00542. The molecule has 0 heterocycles. The molecule has 0 bridgehead atoms. The van der Waals surface area contributed by atoms with Gasteiger partial charge in [0.05, 0.1) is 5.25 Å². The van der Waals surface area contributed by atoms with Crippen LogP contribution in [-0.4, -0.2) is 19.7 Å². The maximum Gasteiger partial charge on any atom is 0.214 e. The van der Waals surface area contributed by atoms with Crippen LogP contribution in [0.25, 0.3) is 0 Å². The Balaban J connectivity index is 4.05. The second-order valence-corrected chi connectivity index (χ2v) is 7.04. The summed E-state index contributed by atoms with van der Waals surface area (Å²) in [7, 11) is -3.11. The zero-order valence-corrected chi connectivity index (χ0v) is 12.6. The average Bonchev–Trinajstić information content (AvgIpc) is 2.21. The standard InChI is InChI=1S/C13H29NO2S/c1-5-7-8-9-10-11-13(6-2)17(15,16)14-12(3)4/h12-14H,5-11H2,1-4H3. The Morgan fingerprint density at radius 1 is 1.00 bits per heavy atom. The van der Waals surface area contributed by atoms with E-state index in [1.54, 1.807) is 0 Å². The van der Waals surface area contributed by atoms with Gasteiger partial charge in [0, 0.05) is 6.04 Å².